The Balaban J connectivity index is 1.76. The molecule has 128 valence electrons. The monoisotopic (exact) mass is 354 g/mol. The first-order valence-electron chi connectivity index (χ1n) is 7.91. The largest absolute Gasteiger partial charge is 0.249 e. The lowest BCUT2D eigenvalue weighted by atomic mass is 10.2. The molecule has 1 aromatic carbocycles. The molecule has 3 rings (SSSR count). The molecule has 25 heavy (non-hydrogen) atoms. The van der Waals surface area contributed by atoms with Crippen molar-refractivity contribution >= 4 is 23.8 Å². The minimum absolute atomic E-state index is 0.458. The molecule has 0 amide bonds. The SMILES string of the molecule is Cc1cc(C)nc(N/N=C/c2c(C)nn(Cc3ccccc3)c2Cl)n1. The Kier molecular flexibility index (Phi) is 5.09. The van der Waals surface area contributed by atoms with E-state index >= 15 is 0 Å². The van der Waals surface area contributed by atoms with Crippen LogP contribution in [0, 0.1) is 20.8 Å². The van der Waals surface area contributed by atoms with Gasteiger partial charge in [-0.05, 0) is 32.4 Å². The Hall–Kier alpha value is -2.73. The predicted molar refractivity (Wildman–Crippen MR) is 100 cm³/mol. The van der Waals surface area contributed by atoms with E-state index in [0.717, 1.165) is 28.2 Å². The first-order valence-corrected chi connectivity index (χ1v) is 8.29. The molecule has 1 N–H and O–H groups in total. The summed E-state index contributed by atoms with van der Waals surface area (Å²) < 4.78 is 1.76. The van der Waals surface area contributed by atoms with E-state index in [1.54, 1.807) is 10.9 Å². The zero-order valence-corrected chi connectivity index (χ0v) is 15.1. The number of anilines is 1. The number of nitrogens with one attached hydrogen (secondary N) is 1. The number of hydrogen-bond donors (Lipinski definition) is 1. The van der Waals surface area contributed by atoms with Crippen molar-refractivity contribution in [2.24, 2.45) is 5.10 Å². The molecule has 0 radical (unpaired) electrons. The Labute approximate surface area is 151 Å². The Bertz CT molecular complexity index is 881. The van der Waals surface area contributed by atoms with Crippen molar-refractivity contribution in [1.82, 2.24) is 19.7 Å². The average molecular weight is 355 g/mol. The Morgan fingerprint density at radius 1 is 1.12 bits per heavy atom. The van der Waals surface area contributed by atoms with Gasteiger partial charge in [-0.3, -0.25) is 0 Å². The molecule has 6 nitrogen and oxygen atoms in total. The van der Waals surface area contributed by atoms with Gasteiger partial charge in [0.15, 0.2) is 0 Å². The van der Waals surface area contributed by atoms with Gasteiger partial charge in [0.25, 0.3) is 0 Å². The highest BCUT2D eigenvalue weighted by molar-refractivity contribution is 6.32. The highest BCUT2D eigenvalue weighted by atomic mass is 35.5. The van der Waals surface area contributed by atoms with E-state index in [-0.39, 0.29) is 0 Å². The lowest BCUT2D eigenvalue weighted by Crippen LogP contribution is -2.02. The second kappa shape index (κ2) is 7.44. The summed E-state index contributed by atoms with van der Waals surface area (Å²) in [7, 11) is 0. The molecule has 0 aliphatic carbocycles. The number of nitrogens with zero attached hydrogens (tertiary/aromatic N) is 5. The van der Waals surface area contributed by atoms with Gasteiger partial charge in [-0.15, -0.1) is 0 Å². The van der Waals surface area contributed by atoms with E-state index in [1.807, 2.05) is 57.2 Å². The topological polar surface area (TPSA) is 68.0 Å². The van der Waals surface area contributed by atoms with Crippen LogP contribution in [0.3, 0.4) is 0 Å². The lowest BCUT2D eigenvalue weighted by molar-refractivity contribution is 0.680. The molecule has 0 spiro atoms. The van der Waals surface area contributed by atoms with Crippen molar-refractivity contribution in [3.63, 3.8) is 0 Å². The standard InChI is InChI=1S/C18H19ClN6/c1-12-9-13(2)22-18(21-12)23-20-10-16-14(3)24-25(17(16)19)11-15-7-5-4-6-8-15/h4-10H,11H2,1-3H3,(H,21,22,23)/b20-10+. The fourth-order valence-corrected chi connectivity index (χ4v) is 2.79. The molecule has 2 aromatic heterocycles. The van der Waals surface area contributed by atoms with Gasteiger partial charge in [0.05, 0.1) is 24.0 Å². The summed E-state index contributed by atoms with van der Waals surface area (Å²) in [5.41, 5.74) is 7.33. The summed E-state index contributed by atoms with van der Waals surface area (Å²) in [4.78, 5) is 8.56. The highest BCUT2D eigenvalue weighted by Gasteiger charge is 2.12. The molecular formula is C18H19ClN6. The minimum atomic E-state index is 0.458. The highest BCUT2D eigenvalue weighted by Crippen LogP contribution is 2.19. The van der Waals surface area contributed by atoms with Crippen LogP contribution >= 0.6 is 11.6 Å². The predicted octanol–water partition coefficient (Wildman–Crippen LogP) is 3.75. The van der Waals surface area contributed by atoms with E-state index in [2.05, 4.69) is 25.6 Å². The zero-order valence-electron chi connectivity index (χ0n) is 14.4. The summed E-state index contributed by atoms with van der Waals surface area (Å²) in [5, 5.41) is 9.24. The third kappa shape index (κ3) is 4.22. The molecule has 0 saturated heterocycles. The molecule has 7 heteroatoms. The summed E-state index contributed by atoms with van der Waals surface area (Å²) in [5.74, 6) is 0.458. The molecular weight excluding hydrogens is 336 g/mol. The maximum atomic E-state index is 6.46. The third-order valence-electron chi connectivity index (χ3n) is 3.63. The van der Waals surface area contributed by atoms with Crippen molar-refractivity contribution in [2.45, 2.75) is 27.3 Å². The summed E-state index contributed by atoms with van der Waals surface area (Å²) >= 11 is 6.46. The van der Waals surface area contributed by atoms with E-state index in [4.69, 9.17) is 11.6 Å². The Morgan fingerprint density at radius 3 is 2.48 bits per heavy atom. The normalized spacial score (nSPS) is 11.2. The van der Waals surface area contributed by atoms with Crippen molar-refractivity contribution in [1.29, 1.82) is 0 Å². The number of aromatic nitrogens is 4. The second-order valence-electron chi connectivity index (χ2n) is 5.78. The molecule has 0 atom stereocenters. The van der Waals surface area contributed by atoms with E-state index in [0.29, 0.717) is 17.6 Å². The number of rotatable bonds is 5. The fourth-order valence-electron chi connectivity index (χ4n) is 2.51. The van der Waals surface area contributed by atoms with Crippen LogP contribution in [0.1, 0.15) is 28.2 Å². The molecule has 0 unspecified atom stereocenters. The molecule has 3 aromatic rings. The third-order valence-corrected chi connectivity index (χ3v) is 4.02. The molecule has 0 aliphatic rings. The zero-order chi connectivity index (χ0) is 17.8. The van der Waals surface area contributed by atoms with Gasteiger partial charge in [0, 0.05) is 11.4 Å². The number of hydrogen-bond acceptors (Lipinski definition) is 5. The summed E-state index contributed by atoms with van der Waals surface area (Å²) in [6.07, 6.45) is 1.65. The van der Waals surface area contributed by atoms with Crippen LogP contribution in [-0.2, 0) is 6.54 Å². The Morgan fingerprint density at radius 2 is 1.80 bits per heavy atom. The van der Waals surface area contributed by atoms with Gasteiger partial charge >= 0.3 is 0 Å². The number of aryl methyl sites for hydroxylation is 3. The number of hydrazone groups is 1. The van der Waals surface area contributed by atoms with Gasteiger partial charge in [-0.1, -0.05) is 41.9 Å². The van der Waals surface area contributed by atoms with Gasteiger partial charge in [-0.25, -0.2) is 20.1 Å². The van der Waals surface area contributed by atoms with E-state index < -0.39 is 0 Å². The molecule has 0 aliphatic heterocycles. The smallest absolute Gasteiger partial charge is 0.243 e. The van der Waals surface area contributed by atoms with Gasteiger partial charge in [0.2, 0.25) is 5.95 Å². The van der Waals surface area contributed by atoms with Crippen LogP contribution in [0.4, 0.5) is 5.95 Å². The summed E-state index contributed by atoms with van der Waals surface area (Å²) in [6, 6.07) is 12.0. The molecule has 0 saturated carbocycles. The van der Waals surface area contributed by atoms with Crippen molar-refractivity contribution in [3.8, 4) is 0 Å². The van der Waals surface area contributed by atoms with Crippen LogP contribution in [0.5, 0.6) is 0 Å². The number of halogens is 1. The van der Waals surface area contributed by atoms with Crippen LogP contribution in [0.2, 0.25) is 5.15 Å². The fraction of sp³-hybridized carbons (Fsp3) is 0.222. The van der Waals surface area contributed by atoms with Crippen LogP contribution < -0.4 is 5.43 Å². The molecule has 0 bridgehead atoms. The molecule has 0 fully saturated rings. The van der Waals surface area contributed by atoms with E-state index in [9.17, 15) is 0 Å². The first kappa shape index (κ1) is 17.1. The first-order chi connectivity index (χ1) is 12.0. The maximum Gasteiger partial charge on any atom is 0.243 e. The van der Waals surface area contributed by atoms with Crippen LogP contribution in [0.25, 0.3) is 0 Å². The van der Waals surface area contributed by atoms with Crippen molar-refractivity contribution < 1.29 is 0 Å². The minimum Gasteiger partial charge on any atom is -0.249 e. The summed E-state index contributed by atoms with van der Waals surface area (Å²) in [6.45, 7) is 6.35. The van der Waals surface area contributed by atoms with Crippen LogP contribution in [0.15, 0.2) is 41.5 Å². The maximum absolute atomic E-state index is 6.46. The van der Waals surface area contributed by atoms with Gasteiger partial charge in [-0.2, -0.15) is 10.2 Å². The number of benzene rings is 1. The van der Waals surface area contributed by atoms with E-state index in [1.165, 1.54) is 0 Å². The second-order valence-corrected chi connectivity index (χ2v) is 6.14. The molecule has 2 heterocycles. The lowest BCUT2D eigenvalue weighted by Gasteiger charge is -2.03. The quantitative estimate of drug-likeness (QED) is 0.559. The van der Waals surface area contributed by atoms with Gasteiger partial charge in [0.1, 0.15) is 5.15 Å². The van der Waals surface area contributed by atoms with Crippen molar-refractivity contribution in [2.75, 3.05) is 5.43 Å². The average Bonchev–Trinajstić information content (AvgIpc) is 2.82. The van der Waals surface area contributed by atoms with Crippen molar-refractivity contribution in [3.05, 3.63) is 69.8 Å². The van der Waals surface area contributed by atoms with Crippen LogP contribution in [-0.4, -0.2) is 26.0 Å². The van der Waals surface area contributed by atoms with Gasteiger partial charge < -0.3 is 0 Å².